The second-order valence-electron chi connectivity index (χ2n) is 0.431. The third-order valence-corrected chi connectivity index (χ3v) is 0. The summed E-state index contributed by atoms with van der Waals surface area (Å²) in [4.78, 5) is 16.9. The normalized spacial score (nSPS) is 8.43. The van der Waals surface area contributed by atoms with E-state index >= 15 is 0 Å². The van der Waals surface area contributed by atoms with E-state index < -0.39 is 7.91 Å². The predicted octanol–water partition coefficient (Wildman–Crippen LogP) is -1.54. The molecule has 0 aliphatic heterocycles. The molecule has 0 heterocycles. The fourth-order valence-corrected chi connectivity index (χ4v) is 0. The first-order valence-corrected chi connectivity index (χ1v) is 2.15. The standard InChI is InChI=1S/Ca.FH2O3P.H3P/c;1-5(2,3)4;/h;(H2,2,3,4);1H3/q+2;;/p-2. The second-order valence-corrected chi connectivity index (χ2v) is 1.29. The van der Waals surface area contributed by atoms with Crippen molar-refractivity contribution in [1.29, 1.82) is 0 Å². The van der Waals surface area contributed by atoms with Gasteiger partial charge in [0.25, 0.3) is 0 Å². The van der Waals surface area contributed by atoms with Crippen molar-refractivity contribution in [2.45, 2.75) is 0 Å². The number of hydrogen-bond donors (Lipinski definition) is 0. The van der Waals surface area contributed by atoms with Crippen LogP contribution in [0.25, 0.3) is 0 Å². The van der Waals surface area contributed by atoms with Crippen LogP contribution in [0.5, 0.6) is 0 Å². The molecule has 3 nitrogen and oxygen atoms in total. The molecule has 0 aromatic carbocycles. The Bertz CT molecular complexity index is 59.1. The smallest absolute Gasteiger partial charge is 0.786 e. The van der Waals surface area contributed by atoms with Crippen LogP contribution in [0.1, 0.15) is 0 Å². The Morgan fingerprint density at radius 3 is 1.43 bits per heavy atom. The summed E-state index contributed by atoms with van der Waals surface area (Å²) >= 11 is 0. The minimum absolute atomic E-state index is 0. The van der Waals surface area contributed by atoms with Crippen molar-refractivity contribution in [2.24, 2.45) is 0 Å². The molecule has 1 atom stereocenters. The zero-order chi connectivity index (χ0) is 4.50. The van der Waals surface area contributed by atoms with Gasteiger partial charge in [0, 0.05) is 0 Å². The molecule has 0 bridgehead atoms. The Hall–Kier alpha value is 1.77. The molecule has 40 valence electrons. The van der Waals surface area contributed by atoms with Crippen LogP contribution in [0.15, 0.2) is 0 Å². The summed E-state index contributed by atoms with van der Waals surface area (Å²) in [6.07, 6.45) is 0. The Morgan fingerprint density at radius 2 is 1.43 bits per heavy atom. The van der Waals surface area contributed by atoms with Crippen molar-refractivity contribution in [1.82, 2.24) is 0 Å². The minimum atomic E-state index is -5.64. The Balaban J connectivity index is -0.0000000800. The van der Waals surface area contributed by atoms with Crippen molar-refractivity contribution < 1.29 is 18.5 Å². The van der Waals surface area contributed by atoms with Gasteiger partial charge in [0.05, 0.1) is 0 Å². The fourth-order valence-electron chi connectivity index (χ4n) is 0. The predicted molar refractivity (Wildman–Crippen MR) is 25.6 cm³/mol. The van der Waals surface area contributed by atoms with E-state index in [1.54, 1.807) is 0 Å². The van der Waals surface area contributed by atoms with Gasteiger partial charge in [0.2, 0.25) is 0 Å². The van der Waals surface area contributed by atoms with E-state index in [1.807, 2.05) is 0 Å². The molecule has 0 aliphatic rings. The maximum Gasteiger partial charge on any atom is 2.00 e. The molecule has 0 aliphatic carbocycles. The van der Waals surface area contributed by atoms with Gasteiger partial charge in [-0.1, -0.05) is 0 Å². The van der Waals surface area contributed by atoms with Crippen molar-refractivity contribution in [2.75, 3.05) is 0 Å². The van der Waals surface area contributed by atoms with Crippen LogP contribution >= 0.6 is 17.8 Å². The SMILES string of the molecule is O=P([O-])([O-])F.P.[Ca+2]. The topological polar surface area (TPSA) is 63.2 Å². The summed E-state index contributed by atoms with van der Waals surface area (Å²) in [5.41, 5.74) is 0. The van der Waals surface area contributed by atoms with Crippen LogP contribution in [0.4, 0.5) is 4.20 Å². The van der Waals surface area contributed by atoms with E-state index in [4.69, 9.17) is 14.4 Å². The van der Waals surface area contributed by atoms with Gasteiger partial charge < -0.3 is 14.4 Å². The number of hydrogen-bond acceptors (Lipinski definition) is 3. The molecule has 0 rings (SSSR count). The largest absolute Gasteiger partial charge is 2.00 e. The molecule has 0 saturated carbocycles. The molecule has 7 heavy (non-hydrogen) atoms. The van der Waals surface area contributed by atoms with Gasteiger partial charge in [0.1, 0.15) is 7.91 Å². The van der Waals surface area contributed by atoms with Gasteiger partial charge in [0.15, 0.2) is 0 Å². The average Bonchev–Trinajstić information content (AvgIpc) is 0.722. The summed E-state index contributed by atoms with van der Waals surface area (Å²) in [7, 11) is -5.64. The van der Waals surface area contributed by atoms with E-state index in [0.717, 1.165) is 0 Å². The van der Waals surface area contributed by atoms with Crippen LogP contribution in [0, 0.1) is 0 Å². The van der Waals surface area contributed by atoms with Crippen molar-refractivity contribution in [3.8, 4) is 0 Å². The van der Waals surface area contributed by atoms with Crippen LogP contribution in [-0.4, -0.2) is 37.7 Å². The third-order valence-electron chi connectivity index (χ3n) is 0. The second kappa shape index (κ2) is 5.90. The van der Waals surface area contributed by atoms with Gasteiger partial charge in [-0.3, -0.25) is 0 Å². The van der Waals surface area contributed by atoms with Crippen LogP contribution < -0.4 is 9.79 Å². The van der Waals surface area contributed by atoms with Crippen molar-refractivity contribution >= 4 is 55.5 Å². The molecule has 0 N–H and O–H groups in total. The van der Waals surface area contributed by atoms with E-state index in [2.05, 4.69) is 0 Å². The van der Waals surface area contributed by atoms with Crippen molar-refractivity contribution in [3.05, 3.63) is 0 Å². The van der Waals surface area contributed by atoms with E-state index in [-0.39, 0.29) is 47.6 Å². The van der Waals surface area contributed by atoms with Crippen LogP contribution in [0.2, 0.25) is 0 Å². The van der Waals surface area contributed by atoms with Crippen LogP contribution in [-0.2, 0) is 4.57 Å². The molecule has 0 amide bonds. The zero-order valence-corrected chi connectivity index (χ0v) is 7.98. The molecule has 0 fully saturated rings. The van der Waals surface area contributed by atoms with Gasteiger partial charge >= 0.3 is 37.7 Å². The molecule has 0 aromatic heterocycles. The molecule has 0 radical (unpaired) electrons. The van der Waals surface area contributed by atoms with E-state index in [1.165, 1.54) is 0 Å². The summed E-state index contributed by atoms with van der Waals surface area (Å²) < 4.78 is 18.6. The maximum atomic E-state index is 10.1. The Kier molecular flexibility index (Phi) is 13.4. The summed E-state index contributed by atoms with van der Waals surface area (Å²) in [5.74, 6) is 0. The third kappa shape index (κ3) is 82.6. The molecule has 0 spiro atoms. The van der Waals surface area contributed by atoms with Gasteiger partial charge in [-0.2, -0.15) is 9.90 Å². The summed E-state index contributed by atoms with van der Waals surface area (Å²) in [5, 5.41) is 0. The molecule has 1 unspecified atom stereocenters. The molecule has 0 saturated heterocycles. The Labute approximate surface area is 73.6 Å². The number of rotatable bonds is 0. The average molecular weight is 172 g/mol. The van der Waals surface area contributed by atoms with E-state index in [0.29, 0.717) is 0 Å². The molecule has 7 heteroatoms. The first-order chi connectivity index (χ1) is 2.00. The zero-order valence-electron chi connectivity index (χ0n) is 3.46. The van der Waals surface area contributed by atoms with E-state index in [9.17, 15) is 4.20 Å². The maximum absolute atomic E-state index is 10.1. The van der Waals surface area contributed by atoms with Gasteiger partial charge in [-0.15, -0.1) is 0 Å². The fraction of sp³-hybridized carbons (Fsp3) is 0. The first-order valence-electron chi connectivity index (χ1n) is 0.717. The monoisotopic (exact) mass is 172 g/mol. The number of halogens is 1. The quantitative estimate of drug-likeness (QED) is 0.328. The molecular formula is H3CaFO3P2. The van der Waals surface area contributed by atoms with Crippen molar-refractivity contribution in [3.63, 3.8) is 0 Å². The summed E-state index contributed by atoms with van der Waals surface area (Å²) in [6, 6.07) is 0. The van der Waals surface area contributed by atoms with Gasteiger partial charge in [-0.25, -0.2) is 4.20 Å². The molecule has 0 aromatic rings. The van der Waals surface area contributed by atoms with Gasteiger partial charge in [-0.05, 0) is 0 Å². The minimum Gasteiger partial charge on any atom is -0.786 e. The Morgan fingerprint density at radius 1 is 1.43 bits per heavy atom. The summed E-state index contributed by atoms with van der Waals surface area (Å²) in [6.45, 7) is 0. The van der Waals surface area contributed by atoms with Crippen LogP contribution in [0.3, 0.4) is 0 Å². The molecular weight excluding hydrogens is 169 g/mol. The first kappa shape index (κ1) is 15.9.